The molecule has 1 amide bonds. The van der Waals surface area contributed by atoms with E-state index in [0.29, 0.717) is 28.8 Å². The van der Waals surface area contributed by atoms with Gasteiger partial charge in [0.2, 0.25) is 0 Å². The van der Waals surface area contributed by atoms with E-state index in [9.17, 15) is 19.2 Å². The predicted octanol–water partition coefficient (Wildman–Crippen LogP) is 4.41. The first-order valence-electron chi connectivity index (χ1n) is 13.2. The number of ether oxygens (including phenoxy) is 2. The number of carbonyl (C=O) groups excluding carboxylic acids is 3. The first kappa shape index (κ1) is 30.3. The van der Waals surface area contributed by atoms with Crippen molar-refractivity contribution in [3.63, 3.8) is 0 Å². The maximum atomic E-state index is 13.0. The van der Waals surface area contributed by atoms with Crippen LogP contribution in [0, 0.1) is 6.92 Å². The van der Waals surface area contributed by atoms with Crippen LogP contribution in [0.15, 0.2) is 47.3 Å². The zero-order valence-electron chi connectivity index (χ0n) is 24.1. The van der Waals surface area contributed by atoms with Crippen LogP contribution in [0.2, 0.25) is 0 Å². The normalized spacial score (nSPS) is 12.5. The lowest BCUT2D eigenvalue weighted by atomic mass is 10.1. The molecule has 1 atom stereocenters. The van der Waals surface area contributed by atoms with Crippen LogP contribution in [0.5, 0.6) is 0 Å². The number of amides is 1. The summed E-state index contributed by atoms with van der Waals surface area (Å²) in [6, 6.07) is 11.3. The maximum Gasteiger partial charge on any atom is 0.329 e. The van der Waals surface area contributed by atoms with Gasteiger partial charge in [0, 0.05) is 24.2 Å². The number of nitrogens with one attached hydrogen (secondary N) is 3. The highest BCUT2D eigenvalue weighted by molar-refractivity contribution is 5.97. The predicted molar refractivity (Wildman–Crippen MR) is 153 cm³/mol. The molecule has 0 aliphatic carbocycles. The fourth-order valence-electron chi connectivity index (χ4n) is 3.86. The molecule has 0 radical (unpaired) electrons. The number of hydrogen-bond donors (Lipinski definition) is 3. The molecule has 0 saturated heterocycles. The number of aromatic nitrogens is 2. The van der Waals surface area contributed by atoms with Gasteiger partial charge in [-0.05, 0) is 90.8 Å². The molecular formula is C30H38N4O6. The molecule has 0 saturated carbocycles. The Hall–Kier alpha value is -4.21. The molecule has 0 aliphatic rings. The number of carbonyl (C=O) groups is 3. The summed E-state index contributed by atoms with van der Waals surface area (Å²) in [7, 11) is 0. The van der Waals surface area contributed by atoms with E-state index in [4.69, 9.17) is 9.47 Å². The lowest BCUT2D eigenvalue weighted by Crippen LogP contribution is -2.44. The second kappa shape index (κ2) is 12.3. The van der Waals surface area contributed by atoms with Crippen molar-refractivity contribution >= 4 is 34.4 Å². The van der Waals surface area contributed by atoms with Crippen LogP contribution in [0.4, 0.5) is 5.69 Å². The van der Waals surface area contributed by atoms with Gasteiger partial charge < -0.3 is 25.1 Å². The van der Waals surface area contributed by atoms with E-state index in [1.807, 2.05) is 6.07 Å². The Morgan fingerprint density at radius 1 is 0.950 bits per heavy atom. The summed E-state index contributed by atoms with van der Waals surface area (Å²) in [6.07, 6.45) is -0.0103. The van der Waals surface area contributed by atoms with Crippen LogP contribution < -0.4 is 16.2 Å². The van der Waals surface area contributed by atoms with Crippen molar-refractivity contribution < 1.29 is 23.9 Å². The molecule has 0 unspecified atom stereocenters. The van der Waals surface area contributed by atoms with Crippen LogP contribution in [-0.2, 0) is 25.6 Å². The topological polar surface area (TPSA) is 139 Å². The van der Waals surface area contributed by atoms with Crippen LogP contribution in [0.3, 0.4) is 0 Å². The van der Waals surface area contributed by atoms with E-state index < -0.39 is 35.1 Å². The van der Waals surface area contributed by atoms with E-state index >= 15 is 0 Å². The largest absolute Gasteiger partial charge is 0.460 e. The standard InChI is InChI=1S/C30H38N4O6/c1-18-32-23-13-12-21(16-22(23)27(37)33-18)31-17-19-8-10-20(11-9-19)26(36)34-24(28(38)40-30(5,6)7)14-15-25(35)39-29(2,3)4/h8-13,16,24,31H,14-15,17H2,1-7H3,(H,34,36)(H,32,33,37)/t24-/m0/s1. The summed E-state index contributed by atoms with van der Waals surface area (Å²) in [5.41, 5.74) is 1.04. The van der Waals surface area contributed by atoms with E-state index in [2.05, 4.69) is 20.6 Å². The Bertz CT molecular complexity index is 1430. The van der Waals surface area contributed by atoms with Crippen molar-refractivity contribution in [2.45, 2.75) is 85.1 Å². The molecule has 214 valence electrons. The monoisotopic (exact) mass is 550 g/mol. The van der Waals surface area contributed by atoms with E-state index in [1.165, 1.54) is 0 Å². The maximum absolute atomic E-state index is 13.0. The minimum atomic E-state index is -1.02. The number of rotatable bonds is 9. The number of aromatic amines is 1. The third kappa shape index (κ3) is 9.21. The summed E-state index contributed by atoms with van der Waals surface area (Å²) in [5, 5.41) is 6.47. The van der Waals surface area contributed by atoms with Crippen molar-refractivity contribution in [1.82, 2.24) is 15.3 Å². The summed E-state index contributed by atoms with van der Waals surface area (Å²) in [4.78, 5) is 57.2. The minimum absolute atomic E-state index is 0.0429. The van der Waals surface area contributed by atoms with Gasteiger partial charge >= 0.3 is 11.9 Å². The van der Waals surface area contributed by atoms with Gasteiger partial charge in [0.25, 0.3) is 11.5 Å². The molecule has 1 heterocycles. The number of nitrogens with zero attached hydrogens (tertiary/aromatic N) is 1. The molecule has 2 aromatic carbocycles. The summed E-state index contributed by atoms with van der Waals surface area (Å²) >= 11 is 0. The Morgan fingerprint density at radius 3 is 2.23 bits per heavy atom. The molecular weight excluding hydrogens is 512 g/mol. The number of fused-ring (bicyclic) bond motifs is 1. The van der Waals surface area contributed by atoms with Crippen LogP contribution >= 0.6 is 0 Å². The van der Waals surface area contributed by atoms with Crippen LogP contribution in [-0.4, -0.2) is 45.1 Å². The van der Waals surface area contributed by atoms with Crippen molar-refractivity contribution in [3.8, 4) is 0 Å². The lowest BCUT2D eigenvalue weighted by molar-refractivity contribution is -0.158. The zero-order chi connectivity index (χ0) is 29.7. The fraction of sp³-hybridized carbons (Fsp3) is 0.433. The summed E-state index contributed by atoms with van der Waals surface area (Å²) < 4.78 is 10.8. The highest BCUT2D eigenvalue weighted by Gasteiger charge is 2.28. The number of anilines is 1. The van der Waals surface area contributed by atoms with Crippen molar-refractivity contribution in [2.24, 2.45) is 0 Å². The Kier molecular flexibility index (Phi) is 9.34. The number of hydrogen-bond acceptors (Lipinski definition) is 8. The Labute approximate surface area is 233 Å². The SMILES string of the molecule is Cc1nc2ccc(NCc3ccc(C(=O)N[C@@H](CCC(=O)OC(C)(C)C)C(=O)OC(C)(C)C)cc3)cc2c(=O)[nH]1. The van der Waals surface area contributed by atoms with Gasteiger partial charge in [-0.1, -0.05) is 12.1 Å². The van der Waals surface area contributed by atoms with Gasteiger partial charge in [-0.2, -0.15) is 0 Å². The molecule has 10 heteroatoms. The van der Waals surface area contributed by atoms with Crippen molar-refractivity contribution in [2.75, 3.05) is 5.32 Å². The van der Waals surface area contributed by atoms with Gasteiger partial charge in [-0.3, -0.25) is 14.4 Å². The van der Waals surface area contributed by atoms with Crippen LogP contribution in [0.25, 0.3) is 10.9 Å². The molecule has 40 heavy (non-hydrogen) atoms. The van der Waals surface area contributed by atoms with Crippen LogP contribution in [0.1, 0.15) is 76.1 Å². The third-order valence-corrected chi connectivity index (χ3v) is 5.59. The highest BCUT2D eigenvalue weighted by Crippen LogP contribution is 2.17. The van der Waals surface area contributed by atoms with E-state index in [0.717, 1.165) is 11.3 Å². The number of benzene rings is 2. The molecule has 10 nitrogen and oxygen atoms in total. The van der Waals surface area contributed by atoms with Gasteiger partial charge in [0.15, 0.2) is 0 Å². The molecule has 0 bridgehead atoms. The average Bonchev–Trinajstić information content (AvgIpc) is 2.83. The van der Waals surface area contributed by atoms with E-state index in [-0.39, 0.29) is 18.4 Å². The number of aryl methyl sites for hydroxylation is 1. The van der Waals surface area contributed by atoms with Gasteiger partial charge in [0.1, 0.15) is 23.1 Å². The highest BCUT2D eigenvalue weighted by atomic mass is 16.6. The van der Waals surface area contributed by atoms with Crippen molar-refractivity contribution in [1.29, 1.82) is 0 Å². The molecule has 0 fully saturated rings. The van der Waals surface area contributed by atoms with Crippen molar-refractivity contribution in [3.05, 3.63) is 69.8 Å². The first-order valence-corrected chi connectivity index (χ1v) is 13.2. The minimum Gasteiger partial charge on any atom is -0.460 e. The molecule has 3 rings (SSSR count). The Morgan fingerprint density at radius 2 is 1.60 bits per heavy atom. The fourth-order valence-corrected chi connectivity index (χ4v) is 3.86. The quantitative estimate of drug-likeness (QED) is 0.333. The van der Waals surface area contributed by atoms with Gasteiger partial charge in [-0.25, -0.2) is 9.78 Å². The average molecular weight is 551 g/mol. The second-order valence-corrected chi connectivity index (χ2v) is 11.6. The zero-order valence-corrected chi connectivity index (χ0v) is 24.1. The smallest absolute Gasteiger partial charge is 0.329 e. The number of esters is 2. The molecule has 0 aliphatic heterocycles. The van der Waals surface area contributed by atoms with E-state index in [1.54, 1.807) is 84.9 Å². The second-order valence-electron chi connectivity index (χ2n) is 11.6. The van der Waals surface area contributed by atoms with Gasteiger partial charge in [-0.15, -0.1) is 0 Å². The third-order valence-electron chi connectivity index (χ3n) is 5.59. The lowest BCUT2D eigenvalue weighted by Gasteiger charge is -2.25. The molecule has 1 aromatic heterocycles. The molecule has 0 spiro atoms. The van der Waals surface area contributed by atoms with Gasteiger partial charge in [0.05, 0.1) is 10.9 Å². The molecule has 3 N–H and O–H groups in total. The molecule has 3 aromatic rings. The summed E-state index contributed by atoms with van der Waals surface area (Å²) in [6.45, 7) is 12.7. The Balaban J connectivity index is 1.64. The summed E-state index contributed by atoms with van der Waals surface area (Å²) in [5.74, 6) is -0.988. The first-order chi connectivity index (χ1) is 18.6. The number of H-pyrrole nitrogens is 1.